The number of benzene rings is 1. The van der Waals surface area contributed by atoms with Crippen molar-refractivity contribution in [2.45, 2.75) is 20.3 Å². The quantitative estimate of drug-likeness (QED) is 0.638. The van der Waals surface area contributed by atoms with Crippen molar-refractivity contribution in [3.8, 4) is 5.75 Å². The molecule has 2 aromatic rings. The summed E-state index contributed by atoms with van der Waals surface area (Å²) in [5.41, 5.74) is 1.21. The molecule has 0 fully saturated rings. The molecule has 0 saturated heterocycles. The van der Waals surface area contributed by atoms with Gasteiger partial charge in [-0.1, -0.05) is 19.9 Å². The highest BCUT2D eigenvalue weighted by Gasteiger charge is 2.12. The summed E-state index contributed by atoms with van der Waals surface area (Å²) in [6, 6.07) is 10.8. The van der Waals surface area contributed by atoms with Gasteiger partial charge in [0, 0.05) is 24.5 Å². The molecule has 1 aromatic carbocycles. The zero-order valence-electron chi connectivity index (χ0n) is 15.8. The summed E-state index contributed by atoms with van der Waals surface area (Å²) in [5, 5.41) is 6.18. The van der Waals surface area contributed by atoms with E-state index in [0.29, 0.717) is 22.8 Å². The molecule has 0 spiro atoms. The van der Waals surface area contributed by atoms with Crippen LogP contribution in [-0.2, 0) is 0 Å². The Kier molecular flexibility index (Phi) is 7.89. The summed E-state index contributed by atoms with van der Waals surface area (Å²) < 4.78 is 5.19. The normalized spacial score (nSPS) is 10.6. The summed E-state index contributed by atoms with van der Waals surface area (Å²) >= 11 is 0. The van der Waals surface area contributed by atoms with Crippen LogP contribution in [0.15, 0.2) is 42.6 Å². The molecule has 0 bridgehead atoms. The molecule has 0 atom stereocenters. The van der Waals surface area contributed by atoms with Gasteiger partial charge in [-0.3, -0.25) is 4.79 Å². The van der Waals surface area contributed by atoms with Gasteiger partial charge in [-0.2, -0.15) is 0 Å². The molecule has 0 radical (unpaired) electrons. The first-order valence-corrected chi connectivity index (χ1v) is 9.04. The Morgan fingerprint density at radius 1 is 1.19 bits per heavy atom. The maximum Gasteiger partial charge on any atom is 0.259 e. The van der Waals surface area contributed by atoms with Crippen molar-refractivity contribution >= 4 is 17.4 Å². The van der Waals surface area contributed by atoms with E-state index in [0.717, 1.165) is 32.6 Å². The molecule has 0 aliphatic rings. The number of rotatable bonds is 10. The first-order chi connectivity index (χ1) is 12.7. The second-order valence-corrected chi connectivity index (χ2v) is 5.89. The van der Waals surface area contributed by atoms with E-state index in [9.17, 15) is 4.79 Å². The monoisotopic (exact) mass is 356 g/mol. The summed E-state index contributed by atoms with van der Waals surface area (Å²) in [7, 11) is 1.60. The number of pyridine rings is 1. The van der Waals surface area contributed by atoms with Gasteiger partial charge in [-0.05, 0) is 50.3 Å². The molecule has 0 saturated carbocycles. The van der Waals surface area contributed by atoms with E-state index in [1.807, 2.05) is 18.2 Å². The molecule has 1 amide bonds. The molecule has 0 aliphatic heterocycles. The number of hydrogen-bond acceptors (Lipinski definition) is 5. The molecule has 1 heterocycles. The summed E-state index contributed by atoms with van der Waals surface area (Å²) in [6.45, 7) is 8.22. The fourth-order valence-electron chi connectivity index (χ4n) is 2.68. The minimum Gasteiger partial charge on any atom is -0.497 e. The number of amides is 1. The highest BCUT2D eigenvalue weighted by atomic mass is 16.5. The fraction of sp³-hybridized carbons (Fsp3) is 0.400. The molecule has 0 aliphatic carbocycles. The predicted molar refractivity (Wildman–Crippen MR) is 106 cm³/mol. The van der Waals surface area contributed by atoms with Crippen LogP contribution in [0.5, 0.6) is 5.75 Å². The molecule has 6 nitrogen and oxygen atoms in total. The van der Waals surface area contributed by atoms with Crippen LogP contribution < -0.4 is 15.4 Å². The second-order valence-electron chi connectivity index (χ2n) is 5.89. The van der Waals surface area contributed by atoms with Gasteiger partial charge in [-0.25, -0.2) is 4.98 Å². The van der Waals surface area contributed by atoms with Gasteiger partial charge in [0.25, 0.3) is 5.91 Å². The third-order valence-corrected chi connectivity index (χ3v) is 4.22. The number of hydrogen-bond donors (Lipinski definition) is 2. The van der Waals surface area contributed by atoms with Crippen molar-refractivity contribution in [2.24, 2.45) is 0 Å². The Labute approximate surface area is 155 Å². The van der Waals surface area contributed by atoms with E-state index in [1.165, 1.54) is 0 Å². The highest BCUT2D eigenvalue weighted by molar-refractivity contribution is 6.07. The highest BCUT2D eigenvalue weighted by Crippen LogP contribution is 2.19. The zero-order valence-corrected chi connectivity index (χ0v) is 15.8. The SMILES string of the molecule is CCN(CC)CCCNc1ncccc1C(=O)Nc1cccc(OC)c1. The first-order valence-electron chi connectivity index (χ1n) is 9.04. The van der Waals surface area contributed by atoms with Crippen molar-refractivity contribution in [3.05, 3.63) is 48.2 Å². The van der Waals surface area contributed by atoms with Crippen LogP contribution >= 0.6 is 0 Å². The predicted octanol–water partition coefficient (Wildman–Crippen LogP) is 3.49. The van der Waals surface area contributed by atoms with Gasteiger partial charge < -0.3 is 20.3 Å². The number of anilines is 2. The van der Waals surface area contributed by atoms with Crippen LogP contribution in [0.2, 0.25) is 0 Å². The van der Waals surface area contributed by atoms with E-state index in [4.69, 9.17) is 4.74 Å². The van der Waals surface area contributed by atoms with Crippen LogP contribution in [0.3, 0.4) is 0 Å². The molecule has 2 rings (SSSR count). The minimum absolute atomic E-state index is 0.197. The van der Waals surface area contributed by atoms with Crippen molar-refractivity contribution < 1.29 is 9.53 Å². The Morgan fingerprint density at radius 2 is 2.00 bits per heavy atom. The maximum atomic E-state index is 12.6. The van der Waals surface area contributed by atoms with E-state index >= 15 is 0 Å². The summed E-state index contributed by atoms with van der Waals surface area (Å²) in [6.07, 6.45) is 2.68. The number of aromatic nitrogens is 1. The summed E-state index contributed by atoms with van der Waals surface area (Å²) in [4.78, 5) is 19.3. The average Bonchev–Trinajstić information content (AvgIpc) is 2.68. The van der Waals surface area contributed by atoms with E-state index in [1.54, 1.807) is 31.5 Å². The van der Waals surface area contributed by atoms with Crippen LogP contribution in [0.25, 0.3) is 0 Å². The van der Waals surface area contributed by atoms with Crippen molar-refractivity contribution in [1.29, 1.82) is 0 Å². The lowest BCUT2D eigenvalue weighted by Crippen LogP contribution is -2.25. The molecule has 0 unspecified atom stereocenters. The number of carbonyl (C=O) groups excluding carboxylic acids is 1. The van der Waals surface area contributed by atoms with Crippen LogP contribution in [0.4, 0.5) is 11.5 Å². The van der Waals surface area contributed by atoms with Crippen molar-refractivity contribution in [1.82, 2.24) is 9.88 Å². The molecule has 140 valence electrons. The lowest BCUT2D eigenvalue weighted by molar-refractivity contribution is 0.102. The topological polar surface area (TPSA) is 66.5 Å². The van der Waals surface area contributed by atoms with Crippen molar-refractivity contribution in [3.63, 3.8) is 0 Å². The number of nitrogens with one attached hydrogen (secondary N) is 2. The molecule has 6 heteroatoms. The standard InChI is InChI=1S/C20H28N4O2/c1-4-24(5-2)14-8-13-22-19-18(11-7-12-21-19)20(25)23-16-9-6-10-17(15-16)26-3/h6-7,9-12,15H,4-5,8,13-14H2,1-3H3,(H,21,22)(H,23,25). The van der Waals surface area contributed by atoms with E-state index in [2.05, 4.69) is 34.4 Å². The number of carbonyl (C=O) groups is 1. The number of methoxy groups -OCH3 is 1. The Balaban J connectivity index is 1.97. The van der Waals surface area contributed by atoms with Gasteiger partial charge in [0.05, 0.1) is 12.7 Å². The summed E-state index contributed by atoms with van der Waals surface area (Å²) in [5.74, 6) is 1.11. The van der Waals surface area contributed by atoms with Gasteiger partial charge in [-0.15, -0.1) is 0 Å². The van der Waals surface area contributed by atoms with Crippen LogP contribution in [0, 0.1) is 0 Å². The fourth-order valence-corrected chi connectivity index (χ4v) is 2.68. The molecule has 1 aromatic heterocycles. The van der Waals surface area contributed by atoms with Crippen molar-refractivity contribution in [2.75, 3.05) is 43.9 Å². The van der Waals surface area contributed by atoms with Gasteiger partial charge in [0.15, 0.2) is 0 Å². The molecular weight excluding hydrogens is 328 g/mol. The molecule has 2 N–H and O–H groups in total. The Bertz CT molecular complexity index is 702. The smallest absolute Gasteiger partial charge is 0.259 e. The van der Waals surface area contributed by atoms with E-state index in [-0.39, 0.29) is 5.91 Å². The Morgan fingerprint density at radius 3 is 2.73 bits per heavy atom. The number of nitrogens with zero attached hydrogens (tertiary/aromatic N) is 2. The van der Waals surface area contributed by atoms with Gasteiger partial charge >= 0.3 is 0 Å². The van der Waals surface area contributed by atoms with Crippen LogP contribution in [0.1, 0.15) is 30.6 Å². The van der Waals surface area contributed by atoms with Gasteiger partial charge in [0.2, 0.25) is 0 Å². The average molecular weight is 356 g/mol. The second kappa shape index (κ2) is 10.4. The minimum atomic E-state index is -0.197. The Hall–Kier alpha value is -2.60. The largest absolute Gasteiger partial charge is 0.497 e. The first kappa shape index (κ1) is 19.7. The molecular formula is C20H28N4O2. The third-order valence-electron chi connectivity index (χ3n) is 4.22. The lowest BCUT2D eigenvalue weighted by atomic mass is 10.2. The molecule has 26 heavy (non-hydrogen) atoms. The van der Waals surface area contributed by atoms with Gasteiger partial charge in [0.1, 0.15) is 11.6 Å². The maximum absolute atomic E-state index is 12.6. The number of ether oxygens (including phenoxy) is 1. The third kappa shape index (κ3) is 5.74. The van der Waals surface area contributed by atoms with Crippen LogP contribution in [-0.4, -0.2) is 49.1 Å². The zero-order chi connectivity index (χ0) is 18.8. The lowest BCUT2D eigenvalue weighted by Gasteiger charge is -2.18. The van der Waals surface area contributed by atoms with E-state index < -0.39 is 0 Å².